The summed E-state index contributed by atoms with van der Waals surface area (Å²) in [5.41, 5.74) is 1.82. The van der Waals surface area contributed by atoms with E-state index in [0.717, 1.165) is 24.2 Å². The van der Waals surface area contributed by atoms with Crippen molar-refractivity contribution in [2.45, 2.75) is 63.6 Å². The molecule has 0 saturated heterocycles. The van der Waals surface area contributed by atoms with E-state index < -0.39 is 0 Å². The molecule has 0 aliphatic heterocycles. The molecule has 0 aromatic carbocycles. The monoisotopic (exact) mass is 363 g/mol. The number of nitrogens with two attached hydrogens (primary N) is 1. The summed E-state index contributed by atoms with van der Waals surface area (Å²) in [5, 5.41) is 16.2. The van der Waals surface area contributed by atoms with Crippen LogP contribution in [0.25, 0.3) is 5.95 Å². The molecule has 2 aromatic rings. The zero-order valence-electron chi connectivity index (χ0n) is 14.7. The maximum Gasteiger partial charge on any atom is 0.271 e. The van der Waals surface area contributed by atoms with Crippen LogP contribution in [0, 0.1) is 13.8 Å². The summed E-state index contributed by atoms with van der Waals surface area (Å²) in [5.74, 6) is 6.83. The highest BCUT2D eigenvalue weighted by atomic mass is 32.2. The van der Waals surface area contributed by atoms with Gasteiger partial charge in [-0.3, -0.25) is 4.79 Å². The number of nitrogens with one attached hydrogen (secondary N) is 1. The lowest BCUT2D eigenvalue weighted by atomic mass is 10.1. The maximum atomic E-state index is 12.2. The fourth-order valence-electron chi connectivity index (χ4n) is 3.17. The second kappa shape index (κ2) is 7.90. The van der Waals surface area contributed by atoms with Crippen molar-refractivity contribution in [3.63, 3.8) is 0 Å². The van der Waals surface area contributed by atoms with Crippen LogP contribution in [0.1, 0.15) is 49.9 Å². The first-order valence-electron chi connectivity index (χ1n) is 8.71. The van der Waals surface area contributed by atoms with Gasteiger partial charge in [-0.05, 0) is 32.8 Å². The SMILES string of the molecule is Cc1cc(C)n(-c2nnc(SCC(=O)NC3CCCCCC3)n2N)n1. The first kappa shape index (κ1) is 17.8. The summed E-state index contributed by atoms with van der Waals surface area (Å²) in [6.07, 6.45) is 7.08. The number of hydrogen-bond donors (Lipinski definition) is 2. The molecule has 1 aliphatic carbocycles. The van der Waals surface area contributed by atoms with Crippen molar-refractivity contribution in [3.8, 4) is 5.95 Å². The van der Waals surface area contributed by atoms with E-state index in [9.17, 15) is 4.79 Å². The van der Waals surface area contributed by atoms with E-state index in [2.05, 4.69) is 20.6 Å². The second-order valence-electron chi connectivity index (χ2n) is 6.54. The Bertz CT molecular complexity index is 731. The van der Waals surface area contributed by atoms with E-state index in [1.54, 1.807) is 4.68 Å². The van der Waals surface area contributed by atoms with Gasteiger partial charge in [0.05, 0.1) is 11.4 Å². The average molecular weight is 363 g/mol. The minimum Gasteiger partial charge on any atom is -0.353 e. The zero-order valence-corrected chi connectivity index (χ0v) is 15.6. The van der Waals surface area contributed by atoms with Gasteiger partial charge in [0.1, 0.15) is 0 Å². The summed E-state index contributed by atoms with van der Waals surface area (Å²) < 4.78 is 3.03. The predicted molar refractivity (Wildman–Crippen MR) is 97.1 cm³/mol. The third-order valence-corrected chi connectivity index (χ3v) is 5.34. The molecular weight excluding hydrogens is 338 g/mol. The van der Waals surface area contributed by atoms with Gasteiger partial charge in [-0.15, -0.1) is 10.2 Å². The Morgan fingerprint density at radius 2 is 2.00 bits per heavy atom. The number of aromatic nitrogens is 5. The van der Waals surface area contributed by atoms with Crippen molar-refractivity contribution < 1.29 is 4.79 Å². The molecule has 8 nitrogen and oxygen atoms in total. The average Bonchev–Trinajstić information content (AvgIpc) is 2.97. The highest BCUT2D eigenvalue weighted by Crippen LogP contribution is 2.19. The lowest BCUT2D eigenvalue weighted by molar-refractivity contribution is -0.119. The fourth-order valence-corrected chi connectivity index (χ4v) is 3.83. The normalized spacial score (nSPS) is 15.9. The highest BCUT2D eigenvalue weighted by molar-refractivity contribution is 7.99. The Morgan fingerprint density at radius 1 is 1.28 bits per heavy atom. The van der Waals surface area contributed by atoms with E-state index in [4.69, 9.17) is 5.84 Å². The number of rotatable bonds is 5. The molecule has 25 heavy (non-hydrogen) atoms. The summed E-state index contributed by atoms with van der Waals surface area (Å²) >= 11 is 1.29. The maximum absolute atomic E-state index is 12.2. The molecule has 1 aliphatic rings. The Morgan fingerprint density at radius 3 is 2.64 bits per heavy atom. The Hall–Kier alpha value is -2.03. The van der Waals surface area contributed by atoms with Crippen LogP contribution in [0.5, 0.6) is 0 Å². The minimum absolute atomic E-state index is 0.0209. The largest absolute Gasteiger partial charge is 0.353 e. The molecule has 0 unspecified atom stereocenters. The second-order valence-corrected chi connectivity index (χ2v) is 7.48. The third kappa shape index (κ3) is 4.33. The van der Waals surface area contributed by atoms with Gasteiger partial charge in [0.15, 0.2) is 0 Å². The summed E-state index contributed by atoms with van der Waals surface area (Å²) in [6, 6.07) is 2.25. The number of thioether (sulfide) groups is 1. The molecule has 1 saturated carbocycles. The molecule has 3 rings (SSSR count). The van der Waals surface area contributed by atoms with Crippen LogP contribution in [0.4, 0.5) is 0 Å². The minimum atomic E-state index is 0.0209. The first-order chi connectivity index (χ1) is 12.0. The fraction of sp³-hybridized carbons (Fsp3) is 0.625. The van der Waals surface area contributed by atoms with Gasteiger partial charge in [-0.2, -0.15) is 5.10 Å². The van der Waals surface area contributed by atoms with Crippen LogP contribution in [0.2, 0.25) is 0 Å². The standard InChI is InChI=1S/C16H25N7OS/c1-11-9-12(2)23(21-11)15-19-20-16(22(15)17)25-10-14(24)18-13-7-5-3-4-6-8-13/h9,13H,3-8,10,17H2,1-2H3,(H,18,24). The highest BCUT2D eigenvalue weighted by Gasteiger charge is 2.18. The van der Waals surface area contributed by atoms with Crippen molar-refractivity contribution in [1.82, 2.24) is 30.0 Å². The lowest BCUT2D eigenvalue weighted by Gasteiger charge is -2.15. The molecule has 9 heteroatoms. The van der Waals surface area contributed by atoms with Crippen molar-refractivity contribution in [2.24, 2.45) is 0 Å². The van der Waals surface area contributed by atoms with Crippen LogP contribution in [-0.2, 0) is 4.79 Å². The molecule has 2 heterocycles. The van der Waals surface area contributed by atoms with Gasteiger partial charge in [-0.1, -0.05) is 37.4 Å². The molecule has 136 valence electrons. The topological polar surface area (TPSA) is 104 Å². The third-order valence-electron chi connectivity index (χ3n) is 4.40. The van der Waals surface area contributed by atoms with E-state index in [1.807, 2.05) is 19.9 Å². The van der Waals surface area contributed by atoms with E-state index in [-0.39, 0.29) is 11.7 Å². The van der Waals surface area contributed by atoms with Crippen LogP contribution in [0.3, 0.4) is 0 Å². The first-order valence-corrected chi connectivity index (χ1v) is 9.69. The quantitative estimate of drug-likeness (QED) is 0.476. The van der Waals surface area contributed by atoms with Crippen molar-refractivity contribution in [3.05, 3.63) is 17.5 Å². The number of aryl methyl sites for hydroxylation is 2. The van der Waals surface area contributed by atoms with Crippen LogP contribution in [-0.4, -0.2) is 42.4 Å². The number of nitrogen functional groups attached to an aromatic ring is 1. The summed E-state index contributed by atoms with van der Waals surface area (Å²) in [4.78, 5) is 12.2. The number of hydrogen-bond acceptors (Lipinski definition) is 6. The molecular formula is C16H25N7OS. The van der Waals surface area contributed by atoms with Crippen LogP contribution in [0.15, 0.2) is 11.2 Å². The molecule has 3 N–H and O–H groups in total. The molecule has 1 fully saturated rings. The smallest absolute Gasteiger partial charge is 0.271 e. The Kier molecular flexibility index (Phi) is 5.62. The van der Waals surface area contributed by atoms with Gasteiger partial charge in [-0.25, -0.2) is 9.36 Å². The number of carbonyl (C=O) groups excluding carboxylic acids is 1. The van der Waals surface area contributed by atoms with Gasteiger partial charge < -0.3 is 11.2 Å². The van der Waals surface area contributed by atoms with Gasteiger partial charge in [0.2, 0.25) is 11.1 Å². The van der Waals surface area contributed by atoms with Gasteiger partial charge >= 0.3 is 0 Å². The van der Waals surface area contributed by atoms with Crippen molar-refractivity contribution >= 4 is 17.7 Å². The number of carbonyl (C=O) groups is 1. The number of amides is 1. The predicted octanol–water partition coefficient (Wildman–Crippen LogP) is 1.73. The van der Waals surface area contributed by atoms with E-state index in [0.29, 0.717) is 17.1 Å². The molecule has 0 spiro atoms. The molecule has 2 aromatic heterocycles. The van der Waals surface area contributed by atoms with Crippen LogP contribution < -0.4 is 11.2 Å². The zero-order chi connectivity index (χ0) is 17.8. The molecule has 0 bridgehead atoms. The molecule has 0 atom stereocenters. The molecule has 0 radical (unpaired) electrons. The van der Waals surface area contributed by atoms with E-state index >= 15 is 0 Å². The van der Waals surface area contributed by atoms with Crippen molar-refractivity contribution in [2.75, 3.05) is 11.6 Å². The molecule has 1 amide bonds. The number of nitrogens with zero attached hydrogens (tertiary/aromatic N) is 5. The van der Waals surface area contributed by atoms with Crippen LogP contribution >= 0.6 is 11.8 Å². The van der Waals surface area contributed by atoms with Crippen molar-refractivity contribution in [1.29, 1.82) is 0 Å². The van der Waals surface area contributed by atoms with E-state index in [1.165, 1.54) is 42.1 Å². The van der Waals surface area contributed by atoms with Gasteiger partial charge in [0, 0.05) is 11.7 Å². The Balaban J connectivity index is 1.58. The summed E-state index contributed by atoms with van der Waals surface area (Å²) in [7, 11) is 0. The van der Waals surface area contributed by atoms with Gasteiger partial charge in [0.25, 0.3) is 5.95 Å². The lowest BCUT2D eigenvalue weighted by Crippen LogP contribution is -2.35. The Labute approximate surface area is 151 Å². The summed E-state index contributed by atoms with van der Waals surface area (Å²) in [6.45, 7) is 3.84.